The molecule has 1 heterocycles. The molecule has 0 aliphatic carbocycles. The molecule has 2 aromatic rings. The van der Waals surface area contributed by atoms with Crippen LogP contribution in [0.25, 0.3) is 0 Å². The van der Waals surface area contributed by atoms with Crippen LogP contribution in [0.4, 0.5) is 20.3 Å². The van der Waals surface area contributed by atoms with Crippen LogP contribution in [0.3, 0.4) is 0 Å². The lowest BCUT2D eigenvalue weighted by Gasteiger charge is -2.08. The third kappa shape index (κ3) is 3.89. The fourth-order valence-corrected chi connectivity index (χ4v) is 1.85. The molecule has 100 valence electrons. The van der Waals surface area contributed by atoms with Crippen LogP contribution in [-0.2, 0) is 6.42 Å². The molecule has 0 saturated carbocycles. The van der Waals surface area contributed by atoms with Crippen LogP contribution in [-0.4, -0.2) is 10.9 Å². The number of rotatable bonds is 5. The summed E-state index contributed by atoms with van der Waals surface area (Å²) in [7, 11) is 0. The number of benzene rings is 1. The van der Waals surface area contributed by atoms with E-state index < -0.39 is 11.6 Å². The topological polar surface area (TPSA) is 24.9 Å². The lowest BCUT2D eigenvalue weighted by molar-refractivity contribution is 0.576. The second-order valence-electron chi connectivity index (χ2n) is 4.10. The maximum absolute atomic E-state index is 13.5. The summed E-state index contributed by atoms with van der Waals surface area (Å²) in [6.07, 6.45) is 2.72. The van der Waals surface area contributed by atoms with Crippen LogP contribution < -0.4 is 5.32 Å². The van der Waals surface area contributed by atoms with Gasteiger partial charge < -0.3 is 5.32 Å². The minimum absolute atomic E-state index is 0.0101. The van der Waals surface area contributed by atoms with Crippen LogP contribution in [0.2, 0.25) is 0 Å². The monoisotopic (exact) mass is 282 g/mol. The van der Waals surface area contributed by atoms with Crippen molar-refractivity contribution in [3.8, 4) is 0 Å². The van der Waals surface area contributed by atoms with Crippen molar-refractivity contribution in [2.45, 2.75) is 12.8 Å². The van der Waals surface area contributed by atoms with Crippen molar-refractivity contribution in [1.29, 1.82) is 0 Å². The highest BCUT2D eigenvalue weighted by Gasteiger charge is 2.06. The molecule has 2 rings (SSSR count). The highest BCUT2D eigenvalue weighted by Crippen LogP contribution is 2.19. The van der Waals surface area contributed by atoms with Gasteiger partial charge in [-0.15, -0.1) is 11.6 Å². The average molecular weight is 283 g/mol. The molecule has 1 N–H and O–H groups in total. The van der Waals surface area contributed by atoms with E-state index in [2.05, 4.69) is 10.3 Å². The lowest BCUT2D eigenvalue weighted by atomic mass is 10.1. The zero-order valence-corrected chi connectivity index (χ0v) is 10.9. The van der Waals surface area contributed by atoms with Gasteiger partial charge in [0.05, 0.1) is 6.20 Å². The molecule has 0 aliphatic rings. The number of anilines is 2. The molecule has 1 aromatic carbocycles. The summed E-state index contributed by atoms with van der Waals surface area (Å²) in [5.74, 6) is -0.799. The first-order valence-electron chi connectivity index (χ1n) is 5.92. The number of aromatic nitrogens is 1. The molecule has 1 aromatic heterocycles. The van der Waals surface area contributed by atoms with Crippen LogP contribution in [0, 0.1) is 11.6 Å². The summed E-state index contributed by atoms with van der Waals surface area (Å²) >= 11 is 5.65. The molecule has 0 radical (unpaired) electrons. The first-order valence-corrected chi connectivity index (χ1v) is 6.45. The predicted molar refractivity (Wildman–Crippen MR) is 72.9 cm³/mol. The highest BCUT2D eigenvalue weighted by atomic mass is 35.5. The van der Waals surface area contributed by atoms with Crippen molar-refractivity contribution in [2.24, 2.45) is 0 Å². The van der Waals surface area contributed by atoms with Crippen molar-refractivity contribution >= 4 is 23.1 Å². The van der Waals surface area contributed by atoms with Gasteiger partial charge in [0, 0.05) is 17.6 Å². The van der Waals surface area contributed by atoms with Gasteiger partial charge in [-0.1, -0.05) is 12.1 Å². The van der Waals surface area contributed by atoms with Gasteiger partial charge in [-0.25, -0.2) is 13.8 Å². The molecular weight excluding hydrogens is 270 g/mol. The maximum Gasteiger partial charge on any atom is 0.168 e. The van der Waals surface area contributed by atoms with Crippen molar-refractivity contribution in [1.82, 2.24) is 4.98 Å². The number of hydrogen-bond acceptors (Lipinski definition) is 2. The van der Waals surface area contributed by atoms with E-state index >= 15 is 0 Å². The molecule has 0 amide bonds. The number of alkyl halides is 1. The van der Waals surface area contributed by atoms with Crippen molar-refractivity contribution < 1.29 is 8.78 Å². The predicted octanol–water partition coefficient (Wildman–Crippen LogP) is 4.27. The standard InChI is InChI=1S/C14H13ClF2N2/c15-6-2-4-10-3-1-5-12(7-10)19-14-13(17)8-11(16)9-18-14/h1,3,5,7-9H,2,4,6H2,(H,18,19). The van der Waals surface area contributed by atoms with Crippen LogP contribution in [0.5, 0.6) is 0 Å². The number of nitrogens with one attached hydrogen (secondary N) is 1. The molecule has 0 unspecified atom stereocenters. The van der Waals surface area contributed by atoms with E-state index in [-0.39, 0.29) is 5.82 Å². The lowest BCUT2D eigenvalue weighted by Crippen LogP contribution is -1.98. The second kappa shape index (κ2) is 6.48. The zero-order valence-electron chi connectivity index (χ0n) is 10.2. The first kappa shape index (κ1) is 13.7. The van der Waals surface area contributed by atoms with Crippen molar-refractivity contribution in [2.75, 3.05) is 11.2 Å². The number of nitrogens with zero attached hydrogens (tertiary/aromatic N) is 1. The van der Waals surface area contributed by atoms with E-state index in [0.717, 1.165) is 30.7 Å². The summed E-state index contributed by atoms with van der Waals surface area (Å²) in [4.78, 5) is 3.68. The quantitative estimate of drug-likeness (QED) is 0.828. The number of halogens is 3. The minimum atomic E-state index is -0.717. The number of pyridine rings is 1. The van der Waals surface area contributed by atoms with E-state index in [0.29, 0.717) is 11.6 Å². The summed E-state index contributed by atoms with van der Waals surface area (Å²) in [6.45, 7) is 0. The Hall–Kier alpha value is -1.68. The molecule has 5 heteroatoms. The summed E-state index contributed by atoms with van der Waals surface area (Å²) in [5.41, 5.74) is 1.82. The molecule has 0 saturated heterocycles. The smallest absolute Gasteiger partial charge is 0.168 e. The Morgan fingerprint density at radius 2 is 2.05 bits per heavy atom. The molecule has 0 fully saturated rings. The number of aryl methyl sites for hydroxylation is 1. The summed E-state index contributed by atoms with van der Waals surface area (Å²) < 4.78 is 26.2. The van der Waals surface area contributed by atoms with Gasteiger partial charge in [0.25, 0.3) is 0 Å². The Morgan fingerprint density at radius 3 is 2.79 bits per heavy atom. The van der Waals surface area contributed by atoms with Gasteiger partial charge in [0.2, 0.25) is 0 Å². The molecule has 2 nitrogen and oxygen atoms in total. The first-order chi connectivity index (χ1) is 9.19. The molecule has 19 heavy (non-hydrogen) atoms. The normalized spacial score (nSPS) is 10.5. The van der Waals surface area contributed by atoms with Gasteiger partial charge in [-0.2, -0.15) is 0 Å². The zero-order chi connectivity index (χ0) is 13.7. The largest absolute Gasteiger partial charge is 0.338 e. The number of hydrogen-bond donors (Lipinski definition) is 1. The maximum atomic E-state index is 13.5. The second-order valence-corrected chi connectivity index (χ2v) is 4.48. The van der Waals surface area contributed by atoms with Crippen LogP contribution in [0.1, 0.15) is 12.0 Å². The van der Waals surface area contributed by atoms with E-state index in [1.807, 2.05) is 18.2 Å². The summed E-state index contributed by atoms with van der Waals surface area (Å²) in [5, 5.41) is 2.83. The van der Waals surface area contributed by atoms with Gasteiger partial charge >= 0.3 is 0 Å². The Morgan fingerprint density at radius 1 is 1.21 bits per heavy atom. The van der Waals surface area contributed by atoms with E-state index in [1.54, 1.807) is 6.07 Å². The van der Waals surface area contributed by atoms with Gasteiger partial charge in [-0.3, -0.25) is 0 Å². The minimum Gasteiger partial charge on any atom is -0.338 e. The fourth-order valence-electron chi connectivity index (χ4n) is 1.72. The third-order valence-corrected chi connectivity index (χ3v) is 2.86. The Bertz CT molecular complexity index is 561. The molecular formula is C14H13ClF2N2. The summed E-state index contributed by atoms with van der Waals surface area (Å²) in [6, 6.07) is 8.35. The average Bonchev–Trinajstić information content (AvgIpc) is 2.40. The van der Waals surface area contributed by atoms with Gasteiger partial charge in [0.15, 0.2) is 11.6 Å². The van der Waals surface area contributed by atoms with Crippen LogP contribution >= 0.6 is 11.6 Å². The molecule has 0 bridgehead atoms. The van der Waals surface area contributed by atoms with E-state index in [9.17, 15) is 8.78 Å². The third-order valence-electron chi connectivity index (χ3n) is 2.60. The molecule has 0 spiro atoms. The van der Waals surface area contributed by atoms with Gasteiger partial charge in [0.1, 0.15) is 5.82 Å². The van der Waals surface area contributed by atoms with Gasteiger partial charge in [-0.05, 0) is 30.5 Å². The Balaban J connectivity index is 2.14. The van der Waals surface area contributed by atoms with E-state index in [1.165, 1.54) is 0 Å². The molecule has 0 atom stereocenters. The highest BCUT2D eigenvalue weighted by molar-refractivity contribution is 6.17. The SMILES string of the molecule is Fc1cnc(Nc2cccc(CCCCl)c2)c(F)c1. The van der Waals surface area contributed by atoms with Crippen molar-refractivity contribution in [3.05, 3.63) is 53.7 Å². The van der Waals surface area contributed by atoms with Crippen molar-refractivity contribution in [3.63, 3.8) is 0 Å². The Labute approximate surface area is 115 Å². The fraction of sp³-hybridized carbons (Fsp3) is 0.214. The Kier molecular flexibility index (Phi) is 4.68. The molecule has 0 aliphatic heterocycles. The van der Waals surface area contributed by atoms with Crippen LogP contribution in [0.15, 0.2) is 36.5 Å². The van der Waals surface area contributed by atoms with E-state index in [4.69, 9.17) is 11.6 Å².